The van der Waals surface area contributed by atoms with Gasteiger partial charge in [0.25, 0.3) is 0 Å². The maximum Gasteiger partial charge on any atom is 0.105 e. The Kier molecular flexibility index (Phi) is 4.75. The first-order valence-electron chi connectivity index (χ1n) is 6.27. The second kappa shape index (κ2) is 5.88. The molecule has 0 saturated carbocycles. The fraction of sp³-hybridized carbons (Fsp3) is 0.400. The van der Waals surface area contributed by atoms with Gasteiger partial charge in [-0.05, 0) is 24.0 Å². The van der Waals surface area contributed by atoms with E-state index in [-0.39, 0.29) is 0 Å². The Bertz CT molecular complexity index is 589. The Hall–Kier alpha value is -1.53. The summed E-state index contributed by atoms with van der Waals surface area (Å²) in [7, 11) is 0. The smallest absolute Gasteiger partial charge is 0.105 e. The molecule has 0 amide bonds. The van der Waals surface area contributed by atoms with Crippen LogP contribution < -0.4 is 5.73 Å². The van der Waals surface area contributed by atoms with Crippen LogP contribution in [0.15, 0.2) is 12.1 Å². The van der Waals surface area contributed by atoms with Crippen LogP contribution in [-0.4, -0.2) is 0 Å². The number of nitrogens with zero attached hydrogens (tertiary/aromatic N) is 1. The first-order valence-corrected chi connectivity index (χ1v) is 7.09. The highest BCUT2D eigenvalue weighted by atomic mass is 32.1. The molecule has 2 N–H and O–H groups in total. The molecule has 0 saturated heterocycles. The van der Waals surface area contributed by atoms with E-state index >= 15 is 0 Å². The molecule has 2 nitrogen and oxygen atoms in total. The number of rotatable bonds is 1. The average Bonchev–Trinajstić information content (AvgIpc) is 2.69. The number of hydrogen-bond acceptors (Lipinski definition) is 3. The predicted octanol–water partition coefficient (Wildman–Crippen LogP) is 4.81. The summed E-state index contributed by atoms with van der Waals surface area (Å²) >= 11 is 1.52. The van der Waals surface area contributed by atoms with Crippen molar-refractivity contribution >= 4 is 26.4 Å². The molecule has 0 aliphatic heterocycles. The number of nitriles is 1. The monoisotopic (exact) mass is 260 g/mol. The lowest BCUT2D eigenvalue weighted by molar-refractivity contribution is 0.876. The molecule has 18 heavy (non-hydrogen) atoms. The summed E-state index contributed by atoms with van der Waals surface area (Å²) in [6.07, 6.45) is 0. The predicted molar refractivity (Wildman–Crippen MR) is 81.1 cm³/mol. The minimum absolute atomic E-state index is 0.407. The molecule has 0 aliphatic rings. The van der Waals surface area contributed by atoms with Gasteiger partial charge in [-0.1, -0.05) is 39.8 Å². The molecule has 0 unspecified atom stereocenters. The summed E-state index contributed by atoms with van der Waals surface area (Å²) in [5.41, 5.74) is 8.95. The number of anilines is 1. The normalized spacial score (nSPS) is 10.1. The van der Waals surface area contributed by atoms with Crippen molar-refractivity contribution in [3.63, 3.8) is 0 Å². The van der Waals surface area contributed by atoms with Gasteiger partial charge in [-0.2, -0.15) is 5.26 Å². The molecule has 1 aromatic carbocycles. The highest BCUT2D eigenvalue weighted by Crippen LogP contribution is 2.39. The number of thiophene rings is 1. The summed E-state index contributed by atoms with van der Waals surface area (Å²) in [5.74, 6) is 0.407. The van der Waals surface area contributed by atoms with Crippen LogP contribution in [0.25, 0.3) is 10.1 Å². The lowest BCUT2D eigenvalue weighted by Crippen LogP contribution is -1.91. The van der Waals surface area contributed by atoms with Crippen molar-refractivity contribution in [2.45, 2.75) is 40.5 Å². The van der Waals surface area contributed by atoms with Crippen molar-refractivity contribution < 1.29 is 0 Å². The summed E-state index contributed by atoms with van der Waals surface area (Å²) in [6.45, 7) is 10.3. The fourth-order valence-corrected chi connectivity index (χ4v) is 2.99. The second-order valence-corrected chi connectivity index (χ2v) is 5.34. The molecular weight excluding hydrogens is 240 g/mol. The Morgan fingerprint density at radius 1 is 1.28 bits per heavy atom. The van der Waals surface area contributed by atoms with Gasteiger partial charge in [0.15, 0.2) is 0 Å². The van der Waals surface area contributed by atoms with Gasteiger partial charge in [0, 0.05) is 10.1 Å². The fourth-order valence-electron chi connectivity index (χ4n) is 1.97. The van der Waals surface area contributed by atoms with Crippen molar-refractivity contribution in [1.29, 1.82) is 5.26 Å². The number of hydrogen-bond donors (Lipinski definition) is 1. The van der Waals surface area contributed by atoms with E-state index in [9.17, 15) is 5.26 Å². The van der Waals surface area contributed by atoms with Crippen molar-refractivity contribution in [3.05, 3.63) is 28.8 Å². The van der Waals surface area contributed by atoms with Crippen molar-refractivity contribution in [2.75, 3.05) is 5.73 Å². The minimum atomic E-state index is 0.407. The van der Waals surface area contributed by atoms with Crippen LogP contribution in [0.2, 0.25) is 0 Å². The van der Waals surface area contributed by atoms with Gasteiger partial charge in [0.2, 0.25) is 0 Å². The molecule has 2 rings (SSSR count). The second-order valence-electron chi connectivity index (χ2n) is 4.28. The lowest BCUT2D eigenvalue weighted by atomic mass is 9.95. The summed E-state index contributed by atoms with van der Waals surface area (Å²) in [5, 5.41) is 10.9. The Morgan fingerprint density at radius 3 is 2.39 bits per heavy atom. The Morgan fingerprint density at radius 2 is 1.89 bits per heavy atom. The van der Waals surface area contributed by atoms with E-state index in [0.29, 0.717) is 16.5 Å². The topological polar surface area (TPSA) is 49.8 Å². The van der Waals surface area contributed by atoms with Gasteiger partial charge in [-0.15, -0.1) is 11.3 Å². The molecule has 0 radical (unpaired) electrons. The summed E-state index contributed by atoms with van der Waals surface area (Å²) in [6, 6.07) is 6.44. The van der Waals surface area contributed by atoms with Crippen molar-refractivity contribution in [3.8, 4) is 6.07 Å². The van der Waals surface area contributed by atoms with Crippen molar-refractivity contribution in [2.24, 2.45) is 0 Å². The molecule has 0 atom stereocenters. The van der Waals surface area contributed by atoms with E-state index in [1.807, 2.05) is 13.8 Å². The number of aryl methyl sites for hydroxylation is 1. The Balaban J connectivity index is 0.000000771. The molecule has 96 valence electrons. The lowest BCUT2D eigenvalue weighted by Gasteiger charge is -2.08. The van der Waals surface area contributed by atoms with Gasteiger partial charge >= 0.3 is 0 Å². The number of benzene rings is 1. The molecule has 1 aromatic heterocycles. The number of fused-ring (bicyclic) bond motifs is 1. The third-order valence-electron chi connectivity index (χ3n) is 2.83. The third-order valence-corrected chi connectivity index (χ3v) is 3.98. The van der Waals surface area contributed by atoms with E-state index in [4.69, 9.17) is 5.73 Å². The van der Waals surface area contributed by atoms with Crippen molar-refractivity contribution in [1.82, 2.24) is 0 Å². The van der Waals surface area contributed by atoms with E-state index < -0.39 is 0 Å². The SMILES string of the molecule is CC.Cc1ccc(C(C)C)c2c(C#N)c(N)sc12. The third kappa shape index (κ3) is 2.34. The summed E-state index contributed by atoms with van der Waals surface area (Å²) in [4.78, 5) is 0. The van der Waals surface area contributed by atoms with E-state index in [2.05, 4.69) is 39.0 Å². The maximum atomic E-state index is 9.18. The van der Waals surface area contributed by atoms with Crippen LogP contribution in [0.1, 0.15) is 50.3 Å². The Labute approximate surface area is 113 Å². The first-order chi connectivity index (χ1) is 8.56. The molecule has 0 spiro atoms. The minimum Gasteiger partial charge on any atom is -0.389 e. The van der Waals surface area contributed by atoms with Crippen LogP contribution in [0.3, 0.4) is 0 Å². The standard InChI is InChI=1S/C13H14N2S.C2H6/c1-7(2)9-5-4-8(3)12-11(9)10(6-14)13(15)16-12;1-2/h4-5,7H,15H2,1-3H3;1-2H3. The zero-order valence-electron chi connectivity index (χ0n) is 11.7. The molecule has 0 bridgehead atoms. The van der Waals surface area contributed by atoms with Crippen LogP contribution in [0, 0.1) is 18.3 Å². The molecule has 0 aliphatic carbocycles. The first kappa shape index (κ1) is 14.5. The van der Waals surface area contributed by atoms with E-state index in [1.54, 1.807) is 0 Å². The van der Waals surface area contributed by atoms with Crippen LogP contribution in [0.4, 0.5) is 5.00 Å². The van der Waals surface area contributed by atoms with Gasteiger partial charge in [0.1, 0.15) is 11.1 Å². The molecular formula is C15H20N2S. The van der Waals surface area contributed by atoms with Gasteiger partial charge < -0.3 is 5.73 Å². The van der Waals surface area contributed by atoms with Crippen LogP contribution >= 0.6 is 11.3 Å². The van der Waals surface area contributed by atoms with E-state index in [1.165, 1.54) is 22.5 Å². The maximum absolute atomic E-state index is 9.18. The molecule has 2 aromatic rings. The largest absolute Gasteiger partial charge is 0.389 e. The zero-order valence-corrected chi connectivity index (χ0v) is 12.5. The number of nitrogen functional groups attached to an aromatic ring is 1. The van der Waals surface area contributed by atoms with Gasteiger partial charge in [0.05, 0.1) is 5.56 Å². The molecule has 0 fully saturated rings. The molecule has 1 heterocycles. The van der Waals surface area contributed by atoms with Crippen LogP contribution in [0.5, 0.6) is 0 Å². The number of nitrogens with two attached hydrogens (primary N) is 1. The zero-order chi connectivity index (χ0) is 13.9. The quantitative estimate of drug-likeness (QED) is 0.799. The van der Waals surface area contributed by atoms with Crippen LogP contribution in [-0.2, 0) is 0 Å². The highest BCUT2D eigenvalue weighted by molar-refractivity contribution is 7.23. The molecule has 3 heteroatoms. The highest BCUT2D eigenvalue weighted by Gasteiger charge is 2.16. The summed E-state index contributed by atoms with van der Waals surface area (Å²) < 4.78 is 1.15. The average molecular weight is 260 g/mol. The van der Waals surface area contributed by atoms with E-state index in [0.717, 1.165) is 10.1 Å². The van der Waals surface area contributed by atoms with Gasteiger partial charge in [-0.3, -0.25) is 0 Å². The van der Waals surface area contributed by atoms with Gasteiger partial charge in [-0.25, -0.2) is 0 Å².